The summed E-state index contributed by atoms with van der Waals surface area (Å²) < 4.78 is 12.2. The SMILES string of the molecule is CC[C@@H](Oc1ccc(Cl)c(C)c1)C(=O)n1cc(C(=O)OC)c2ccccc21. The maximum Gasteiger partial charge on any atom is 0.340 e. The largest absolute Gasteiger partial charge is 0.481 e. The standard InChI is InChI=1S/C21H20ClNO4/c1-4-19(27-14-9-10-17(22)13(2)11-14)20(24)23-12-16(21(25)26-3)15-7-5-6-8-18(15)23/h5-12,19H,4H2,1-3H3/t19-/m1/s1. The Bertz CT molecular complexity index is 1010. The van der Waals surface area contributed by atoms with Gasteiger partial charge in [0.2, 0.25) is 0 Å². The third-order valence-corrected chi connectivity index (χ3v) is 4.83. The lowest BCUT2D eigenvalue weighted by atomic mass is 10.2. The fraction of sp³-hybridized carbons (Fsp3) is 0.238. The number of carbonyl (C=O) groups is 2. The van der Waals surface area contributed by atoms with Crippen molar-refractivity contribution >= 4 is 34.4 Å². The van der Waals surface area contributed by atoms with Gasteiger partial charge in [0, 0.05) is 16.6 Å². The Labute approximate surface area is 162 Å². The molecule has 0 bridgehead atoms. The molecule has 0 saturated heterocycles. The van der Waals surface area contributed by atoms with Crippen LogP contribution in [-0.2, 0) is 4.74 Å². The monoisotopic (exact) mass is 385 g/mol. The second-order valence-corrected chi connectivity index (χ2v) is 6.59. The highest BCUT2D eigenvalue weighted by Crippen LogP contribution is 2.25. The maximum absolute atomic E-state index is 13.1. The van der Waals surface area contributed by atoms with E-state index in [0.29, 0.717) is 33.7 Å². The molecule has 0 aliphatic rings. The Morgan fingerprint density at radius 3 is 2.59 bits per heavy atom. The van der Waals surface area contributed by atoms with Gasteiger partial charge in [-0.2, -0.15) is 0 Å². The van der Waals surface area contributed by atoms with Gasteiger partial charge in [0.1, 0.15) is 5.75 Å². The molecule has 2 aromatic carbocycles. The summed E-state index contributed by atoms with van der Waals surface area (Å²) in [7, 11) is 1.32. The van der Waals surface area contributed by atoms with Crippen LogP contribution in [0.3, 0.4) is 0 Å². The van der Waals surface area contributed by atoms with Crippen LogP contribution in [0.1, 0.15) is 34.1 Å². The van der Waals surface area contributed by atoms with Gasteiger partial charge in [-0.1, -0.05) is 36.7 Å². The minimum Gasteiger partial charge on any atom is -0.481 e. The Kier molecular flexibility index (Phi) is 5.51. The van der Waals surface area contributed by atoms with Crippen LogP contribution in [0.15, 0.2) is 48.7 Å². The summed E-state index contributed by atoms with van der Waals surface area (Å²) >= 11 is 6.05. The number of aryl methyl sites for hydroxylation is 1. The number of ether oxygens (including phenoxy) is 2. The lowest BCUT2D eigenvalue weighted by molar-refractivity contribution is 0.0602. The third-order valence-electron chi connectivity index (χ3n) is 4.41. The summed E-state index contributed by atoms with van der Waals surface area (Å²) in [5, 5.41) is 1.30. The summed E-state index contributed by atoms with van der Waals surface area (Å²) in [4.78, 5) is 25.2. The molecule has 5 nitrogen and oxygen atoms in total. The van der Waals surface area contributed by atoms with Crippen LogP contribution in [0.25, 0.3) is 10.9 Å². The van der Waals surface area contributed by atoms with E-state index >= 15 is 0 Å². The quantitative estimate of drug-likeness (QED) is 0.587. The molecule has 0 aliphatic heterocycles. The number of carbonyl (C=O) groups excluding carboxylic acids is 2. The van der Waals surface area contributed by atoms with Crippen LogP contribution in [-0.4, -0.2) is 29.7 Å². The van der Waals surface area contributed by atoms with E-state index in [-0.39, 0.29) is 5.91 Å². The average molecular weight is 386 g/mol. The van der Waals surface area contributed by atoms with Crippen molar-refractivity contribution < 1.29 is 19.1 Å². The Hall–Kier alpha value is -2.79. The van der Waals surface area contributed by atoms with Crippen molar-refractivity contribution in [3.8, 4) is 5.75 Å². The Morgan fingerprint density at radius 2 is 1.93 bits per heavy atom. The van der Waals surface area contributed by atoms with Gasteiger partial charge in [-0.3, -0.25) is 9.36 Å². The van der Waals surface area contributed by atoms with Crippen molar-refractivity contribution in [2.45, 2.75) is 26.4 Å². The number of aromatic nitrogens is 1. The zero-order valence-corrected chi connectivity index (χ0v) is 16.1. The van der Waals surface area contributed by atoms with E-state index in [1.54, 1.807) is 30.3 Å². The predicted molar refractivity (Wildman–Crippen MR) is 105 cm³/mol. The number of hydrogen-bond donors (Lipinski definition) is 0. The minimum absolute atomic E-state index is 0.253. The predicted octanol–water partition coefficient (Wildman–Crippen LogP) is 4.89. The molecule has 3 rings (SSSR count). The molecule has 0 fully saturated rings. The topological polar surface area (TPSA) is 57.5 Å². The molecule has 0 aliphatic carbocycles. The van der Waals surface area contributed by atoms with Gasteiger partial charge in [0.25, 0.3) is 5.91 Å². The molecule has 3 aromatic rings. The highest BCUT2D eigenvalue weighted by atomic mass is 35.5. The second kappa shape index (κ2) is 7.84. The van der Waals surface area contributed by atoms with Crippen LogP contribution >= 0.6 is 11.6 Å². The van der Waals surface area contributed by atoms with Crippen LogP contribution < -0.4 is 4.74 Å². The zero-order chi connectivity index (χ0) is 19.6. The first-order valence-electron chi connectivity index (χ1n) is 8.61. The van der Waals surface area contributed by atoms with Crippen molar-refractivity contribution in [3.63, 3.8) is 0 Å². The molecule has 1 atom stereocenters. The van der Waals surface area contributed by atoms with Crippen LogP contribution in [0.5, 0.6) is 5.75 Å². The number of fused-ring (bicyclic) bond motifs is 1. The van der Waals surface area contributed by atoms with Crippen molar-refractivity contribution in [2.75, 3.05) is 7.11 Å². The number of halogens is 1. The smallest absolute Gasteiger partial charge is 0.340 e. The van der Waals surface area contributed by atoms with Crippen LogP contribution in [0.2, 0.25) is 5.02 Å². The van der Waals surface area contributed by atoms with E-state index in [1.165, 1.54) is 17.9 Å². The van der Waals surface area contributed by atoms with Crippen molar-refractivity contribution in [2.24, 2.45) is 0 Å². The van der Waals surface area contributed by atoms with E-state index in [1.807, 2.05) is 26.0 Å². The van der Waals surface area contributed by atoms with E-state index in [4.69, 9.17) is 21.1 Å². The van der Waals surface area contributed by atoms with Crippen molar-refractivity contribution in [1.29, 1.82) is 0 Å². The van der Waals surface area contributed by atoms with Crippen molar-refractivity contribution in [1.82, 2.24) is 4.57 Å². The summed E-state index contributed by atoms with van der Waals surface area (Å²) in [6.45, 7) is 3.75. The lowest BCUT2D eigenvalue weighted by Crippen LogP contribution is -2.31. The zero-order valence-electron chi connectivity index (χ0n) is 15.4. The van der Waals surface area contributed by atoms with Gasteiger partial charge in [-0.15, -0.1) is 0 Å². The minimum atomic E-state index is -0.702. The highest BCUT2D eigenvalue weighted by Gasteiger charge is 2.25. The maximum atomic E-state index is 13.1. The first-order valence-corrected chi connectivity index (χ1v) is 8.99. The molecule has 6 heteroatoms. The van der Waals surface area contributed by atoms with E-state index in [9.17, 15) is 9.59 Å². The average Bonchev–Trinajstić information content (AvgIpc) is 3.07. The number of esters is 1. The number of para-hydroxylation sites is 1. The fourth-order valence-corrected chi connectivity index (χ4v) is 3.07. The number of hydrogen-bond acceptors (Lipinski definition) is 4. The molecule has 0 unspecified atom stereocenters. The number of methoxy groups -OCH3 is 1. The van der Waals surface area contributed by atoms with Gasteiger partial charge >= 0.3 is 5.97 Å². The molecule has 0 N–H and O–H groups in total. The molecular weight excluding hydrogens is 366 g/mol. The van der Waals surface area contributed by atoms with Crippen LogP contribution in [0, 0.1) is 6.92 Å². The summed E-state index contributed by atoms with van der Waals surface area (Å²) in [6, 6.07) is 12.5. The normalized spacial score (nSPS) is 12.0. The molecule has 1 heterocycles. The summed E-state index contributed by atoms with van der Waals surface area (Å²) in [6.07, 6.45) is 1.28. The van der Waals surface area contributed by atoms with Gasteiger partial charge in [-0.25, -0.2) is 4.79 Å². The fourth-order valence-electron chi connectivity index (χ4n) is 2.95. The number of nitrogens with zero attached hydrogens (tertiary/aromatic N) is 1. The lowest BCUT2D eigenvalue weighted by Gasteiger charge is -2.18. The molecular formula is C21H20ClNO4. The molecule has 140 valence electrons. The number of benzene rings is 2. The first-order chi connectivity index (χ1) is 13.0. The highest BCUT2D eigenvalue weighted by molar-refractivity contribution is 6.31. The second-order valence-electron chi connectivity index (χ2n) is 6.19. The Balaban J connectivity index is 1.98. The van der Waals surface area contributed by atoms with E-state index < -0.39 is 12.1 Å². The van der Waals surface area contributed by atoms with E-state index in [2.05, 4.69) is 0 Å². The molecule has 27 heavy (non-hydrogen) atoms. The van der Waals surface area contributed by atoms with Gasteiger partial charge in [0.15, 0.2) is 6.10 Å². The van der Waals surface area contributed by atoms with E-state index in [0.717, 1.165) is 5.56 Å². The Morgan fingerprint density at radius 1 is 1.19 bits per heavy atom. The van der Waals surface area contributed by atoms with Gasteiger partial charge in [0.05, 0.1) is 18.2 Å². The first kappa shape index (κ1) is 19.0. The summed E-state index contributed by atoms with van der Waals surface area (Å²) in [5.74, 6) is -0.168. The van der Waals surface area contributed by atoms with Gasteiger partial charge < -0.3 is 9.47 Å². The number of rotatable bonds is 5. The molecule has 0 spiro atoms. The molecule has 0 radical (unpaired) electrons. The molecule has 1 aromatic heterocycles. The molecule has 0 amide bonds. The third kappa shape index (κ3) is 3.69. The van der Waals surface area contributed by atoms with Crippen LogP contribution in [0.4, 0.5) is 0 Å². The van der Waals surface area contributed by atoms with Crippen molar-refractivity contribution in [3.05, 3.63) is 64.8 Å². The summed E-state index contributed by atoms with van der Waals surface area (Å²) in [5.41, 5.74) is 1.85. The molecule has 0 saturated carbocycles. The van der Waals surface area contributed by atoms with Gasteiger partial charge in [-0.05, 0) is 43.2 Å².